The summed E-state index contributed by atoms with van der Waals surface area (Å²) in [5, 5.41) is 0. The van der Waals surface area contributed by atoms with E-state index in [9.17, 15) is 9.18 Å². The molecule has 0 spiro atoms. The van der Waals surface area contributed by atoms with Gasteiger partial charge in [0.05, 0.1) is 18.6 Å². The molecular formula is C24H22FN3O. The fourth-order valence-electron chi connectivity index (χ4n) is 3.52. The molecule has 4 nitrogen and oxygen atoms in total. The number of imidazole rings is 1. The van der Waals surface area contributed by atoms with Crippen molar-refractivity contribution in [1.82, 2.24) is 14.1 Å². The Morgan fingerprint density at radius 1 is 1.00 bits per heavy atom. The molecular weight excluding hydrogens is 365 g/mol. The highest BCUT2D eigenvalue weighted by Gasteiger charge is 2.08. The molecule has 4 rings (SSSR count). The minimum Gasteiger partial charge on any atom is -0.311 e. The van der Waals surface area contributed by atoms with Gasteiger partial charge in [0.25, 0.3) is 5.56 Å². The average molecular weight is 387 g/mol. The van der Waals surface area contributed by atoms with E-state index in [0.717, 1.165) is 33.6 Å². The van der Waals surface area contributed by atoms with Crippen LogP contribution in [0.15, 0.2) is 78.1 Å². The Hall–Kier alpha value is -3.47. The maximum absolute atomic E-state index is 13.1. The number of aromatic nitrogens is 3. The first-order valence-electron chi connectivity index (χ1n) is 9.53. The lowest BCUT2D eigenvalue weighted by atomic mass is 10.0. The van der Waals surface area contributed by atoms with Crippen LogP contribution in [0, 0.1) is 19.7 Å². The molecule has 0 aliphatic carbocycles. The van der Waals surface area contributed by atoms with Crippen LogP contribution < -0.4 is 5.56 Å². The number of aryl methyl sites for hydroxylation is 2. The third kappa shape index (κ3) is 4.19. The van der Waals surface area contributed by atoms with Crippen molar-refractivity contribution in [2.24, 2.45) is 0 Å². The lowest BCUT2D eigenvalue weighted by Gasteiger charge is -2.11. The van der Waals surface area contributed by atoms with Gasteiger partial charge < -0.3 is 9.13 Å². The molecule has 0 fully saturated rings. The number of hydrogen-bond donors (Lipinski definition) is 0. The smallest absolute Gasteiger partial charge is 0.254 e. The summed E-state index contributed by atoms with van der Waals surface area (Å²) in [4.78, 5) is 17.2. The van der Waals surface area contributed by atoms with Crippen LogP contribution in [0.5, 0.6) is 0 Å². The lowest BCUT2D eigenvalue weighted by molar-refractivity contribution is 0.626. The maximum Gasteiger partial charge on any atom is 0.254 e. The zero-order chi connectivity index (χ0) is 20.4. The third-order valence-electron chi connectivity index (χ3n) is 5.01. The summed E-state index contributed by atoms with van der Waals surface area (Å²) in [6.07, 6.45) is 6.13. The number of benzene rings is 2. The van der Waals surface area contributed by atoms with Crippen molar-refractivity contribution in [3.63, 3.8) is 0 Å². The van der Waals surface area contributed by atoms with Crippen molar-refractivity contribution < 1.29 is 4.39 Å². The van der Waals surface area contributed by atoms with Crippen LogP contribution in [0.3, 0.4) is 0 Å². The van der Waals surface area contributed by atoms with Crippen molar-refractivity contribution in [2.75, 3.05) is 0 Å². The van der Waals surface area contributed by atoms with Crippen LogP contribution in [0.1, 0.15) is 27.9 Å². The van der Waals surface area contributed by atoms with E-state index in [1.165, 1.54) is 12.1 Å². The molecule has 0 aliphatic heterocycles. The minimum atomic E-state index is -0.278. The number of pyridine rings is 1. The highest BCUT2D eigenvalue weighted by Crippen LogP contribution is 2.18. The van der Waals surface area contributed by atoms with Crippen LogP contribution in [0.4, 0.5) is 4.39 Å². The normalized spacial score (nSPS) is 11.0. The van der Waals surface area contributed by atoms with Gasteiger partial charge in [0.15, 0.2) is 0 Å². The Bertz CT molecular complexity index is 1210. The molecule has 4 aromatic rings. The van der Waals surface area contributed by atoms with Crippen LogP contribution in [0.2, 0.25) is 0 Å². The van der Waals surface area contributed by atoms with Gasteiger partial charge in [0, 0.05) is 30.1 Å². The van der Waals surface area contributed by atoms with Gasteiger partial charge in [-0.3, -0.25) is 4.79 Å². The van der Waals surface area contributed by atoms with Crippen molar-refractivity contribution in [2.45, 2.75) is 26.8 Å². The van der Waals surface area contributed by atoms with Crippen molar-refractivity contribution >= 4 is 0 Å². The highest BCUT2D eigenvalue weighted by atomic mass is 19.1. The summed E-state index contributed by atoms with van der Waals surface area (Å²) in [6.45, 7) is 4.45. The molecule has 0 atom stereocenters. The molecule has 146 valence electrons. The predicted molar refractivity (Wildman–Crippen MR) is 112 cm³/mol. The van der Waals surface area contributed by atoms with E-state index in [0.29, 0.717) is 13.0 Å². The molecule has 0 N–H and O–H groups in total. The molecule has 0 bridgehead atoms. The first-order valence-corrected chi connectivity index (χ1v) is 9.53. The SMILES string of the molecule is Cc1cn(-c2ccc(Cc3cccn(Cc4ccc(F)cc4)c3=O)cc2C)cn1. The van der Waals surface area contributed by atoms with Gasteiger partial charge in [0.2, 0.25) is 0 Å². The molecule has 0 saturated heterocycles. The molecule has 2 aromatic carbocycles. The largest absolute Gasteiger partial charge is 0.311 e. The Morgan fingerprint density at radius 2 is 1.76 bits per heavy atom. The van der Waals surface area contributed by atoms with E-state index >= 15 is 0 Å². The Labute approximate surface area is 168 Å². The number of halogens is 1. The first-order chi connectivity index (χ1) is 14.0. The minimum absolute atomic E-state index is 0.0243. The molecule has 0 radical (unpaired) electrons. The third-order valence-corrected chi connectivity index (χ3v) is 5.01. The monoisotopic (exact) mass is 387 g/mol. The van der Waals surface area contributed by atoms with E-state index in [4.69, 9.17) is 0 Å². The molecule has 0 amide bonds. The average Bonchev–Trinajstić information content (AvgIpc) is 3.13. The summed E-state index contributed by atoms with van der Waals surface area (Å²) in [7, 11) is 0. The van der Waals surface area contributed by atoms with E-state index in [1.54, 1.807) is 22.9 Å². The quantitative estimate of drug-likeness (QED) is 0.508. The topological polar surface area (TPSA) is 39.8 Å². The second-order valence-electron chi connectivity index (χ2n) is 7.31. The van der Waals surface area contributed by atoms with Gasteiger partial charge in [-0.15, -0.1) is 0 Å². The van der Waals surface area contributed by atoms with Gasteiger partial charge in [-0.2, -0.15) is 0 Å². The molecule has 2 aromatic heterocycles. The molecule has 0 unspecified atom stereocenters. The van der Waals surface area contributed by atoms with Gasteiger partial charge in [-0.1, -0.05) is 30.3 Å². The number of hydrogen-bond acceptors (Lipinski definition) is 2. The number of nitrogens with zero attached hydrogens (tertiary/aromatic N) is 3. The summed E-state index contributed by atoms with van der Waals surface area (Å²) in [5.41, 5.74) is 5.86. The van der Waals surface area contributed by atoms with Gasteiger partial charge in [-0.25, -0.2) is 9.37 Å². The maximum atomic E-state index is 13.1. The first kappa shape index (κ1) is 18.9. The van der Waals surface area contributed by atoms with Crippen molar-refractivity contribution in [3.05, 3.63) is 117 Å². The van der Waals surface area contributed by atoms with Crippen LogP contribution in [-0.4, -0.2) is 14.1 Å². The fraction of sp³-hybridized carbons (Fsp3) is 0.167. The predicted octanol–water partition coefficient (Wildman–Crippen LogP) is 4.43. The van der Waals surface area contributed by atoms with E-state index in [2.05, 4.69) is 30.1 Å². The molecule has 0 aliphatic rings. The fourth-order valence-corrected chi connectivity index (χ4v) is 3.52. The van der Waals surface area contributed by atoms with Gasteiger partial charge in [0.1, 0.15) is 5.82 Å². The van der Waals surface area contributed by atoms with Gasteiger partial charge in [-0.05, 0) is 54.8 Å². The second kappa shape index (κ2) is 7.87. The van der Waals surface area contributed by atoms with E-state index < -0.39 is 0 Å². The second-order valence-corrected chi connectivity index (χ2v) is 7.31. The summed E-state index contributed by atoms with van der Waals surface area (Å²) < 4.78 is 16.8. The number of rotatable bonds is 5. The lowest BCUT2D eigenvalue weighted by Crippen LogP contribution is -2.23. The molecule has 2 heterocycles. The van der Waals surface area contributed by atoms with E-state index in [-0.39, 0.29) is 11.4 Å². The van der Waals surface area contributed by atoms with Gasteiger partial charge >= 0.3 is 0 Å². The van der Waals surface area contributed by atoms with E-state index in [1.807, 2.05) is 36.1 Å². The highest BCUT2D eigenvalue weighted by molar-refractivity contribution is 5.44. The Morgan fingerprint density at radius 3 is 2.45 bits per heavy atom. The molecule has 0 saturated carbocycles. The van der Waals surface area contributed by atoms with Crippen LogP contribution in [-0.2, 0) is 13.0 Å². The Kier molecular flexibility index (Phi) is 5.12. The van der Waals surface area contributed by atoms with Crippen molar-refractivity contribution in [3.8, 4) is 5.69 Å². The molecule has 29 heavy (non-hydrogen) atoms. The summed E-state index contributed by atoms with van der Waals surface area (Å²) in [5.74, 6) is -0.278. The Balaban J connectivity index is 1.57. The summed E-state index contributed by atoms with van der Waals surface area (Å²) in [6, 6.07) is 16.2. The van der Waals surface area contributed by atoms with Crippen LogP contribution >= 0.6 is 0 Å². The van der Waals surface area contributed by atoms with Crippen molar-refractivity contribution in [1.29, 1.82) is 0 Å². The zero-order valence-electron chi connectivity index (χ0n) is 16.5. The summed E-state index contributed by atoms with van der Waals surface area (Å²) >= 11 is 0. The van der Waals surface area contributed by atoms with Crippen LogP contribution in [0.25, 0.3) is 5.69 Å². The molecule has 5 heteroatoms. The standard InChI is InChI=1S/C24H22FN3O/c1-17-12-20(7-10-23(17)28-14-18(2)26-16-28)13-21-4-3-11-27(24(21)29)15-19-5-8-22(25)9-6-19/h3-12,14,16H,13,15H2,1-2H3. The zero-order valence-corrected chi connectivity index (χ0v) is 16.5.